The molecule has 0 atom stereocenters. The molecule has 0 amide bonds. The molecule has 53 heavy (non-hydrogen) atoms. The molecule has 0 bridgehead atoms. The van der Waals surface area contributed by atoms with E-state index >= 15 is 0 Å². The zero-order chi connectivity index (χ0) is 37.1. The smallest absolute Gasteiger partial charge is 0.232 e. The second-order valence-corrected chi connectivity index (χ2v) is 16.5. The fourth-order valence-corrected chi connectivity index (χ4v) is 7.97. The Kier molecular flexibility index (Phi) is 11.0. The van der Waals surface area contributed by atoms with Crippen molar-refractivity contribution in [2.45, 2.75) is 25.3 Å². The summed E-state index contributed by atoms with van der Waals surface area (Å²) >= 11 is 3.58. The predicted molar refractivity (Wildman–Crippen MR) is 216 cm³/mol. The van der Waals surface area contributed by atoms with Crippen molar-refractivity contribution in [1.29, 1.82) is 0 Å². The molecular formula is C38H45BrN10O3S. The van der Waals surface area contributed by atoms with Gasteiger partial charge in [-0.25, -0.2) is 13.4 Å². The number of anilines is 6. The van der Waals surface area contributed by atoms with Crippen molar-refractivity contribution in [1.82, 2.24) is 29.7 Å². The molecule has 4 heterocycles. The van der Waals surface area contributed by atoms with Gasteiger partial charge in [-0.2, -0.15) is 4.98 Å². The van der Waals surface area contributed by atoms with Crippen LogP contribution in [0.2, 0.25) is 0 Å². The van der Waals surface area contributed by atoms with Gasteiger partial charge < -0.3 is 25.2 Å². The van der Waals surface area contributed by atoms with Gasteiger partial charge in [-0.1, -0.05) is 30.3 Å². The highest BCUT2D eigenvalue weighted by molar-refractivity contribution is 9.10. The molecule has 7 rings (SSSR count). The summed E-state index contributed by atoms with van der Waals surface area (Å²) in [7, 11) is 1.75. The number of fused-ring (bicyclic) bond motifs is 1. The van der Waals surface area contributed by atoms with Gasteiger partial charge in [0, 0.05) is 82.7 Å². The van der Waals surface area contributed by atoms with Crippen LogP contribution >= 0.6 is 15.9 Å². The van der Waals surface area contributed by atoms with Gasteiger partial charge in [-0.3, -0.25) is 19.2 Å². The first kappa shape index (κ1) is 36.8. The SMILES string of the molecule is COc1cc(N2CCC(N3CCN(C)CC3)CC2)c(Cc2ccccc2)cc1Nc1ncc(Br)c(Nc2ccc3nccnc3c2N(C)S(C)(=O)=O)n1. The highest BCUT2D eigenvalue weighted by Gasteiger charge is 2.28. The van der Waals surface area contributed by atoms with Gasteiger partial charge >= 0.3 is 0 Å². The van der Waals surface area contributed by atoms with Gasteiger partial charge in [0.25, 0.3) is 0 Å². The molecule has 2 aromatic heterocycles. The number of hydrogen-bond acceptors (Lipinski definition) is 12. The molecule has 2 aliphatic heterocycles. The number of hydrogen-bond donors (Lipinski definition) is 2. The summed E-state index contributed by atoms with van der Waals surface area (Å²) in [6.07, 6.45) is 8.92. The van der Waals surface area contributed by atoms with Crippen molar-refractivity contribution in [2.24, 2.45) is 0 Å². The first-order valence-corrected chi connectivity index (χ1v) is 20.4. The summed E-state index contributed by atoms with van der Waals surface area (Å²) in [6, 6.07) is 19.0. The Morgan fingerprint density at radius 1 is 0.925 bits per heavy atom. The molecule has 278 valence electrons. The Labute approximate surface area is 319 Å². The fraction of sp³-hybridized carbons (Fsp3) is 0.368. The van der Waals surface area contributed by atoms with E-state index in [0.717, 1.165) is 70.5 Å². The Balaban J connectivity index is 1.18. The molecule has 3 aromatic carbocycles. The first-order valence-electron chi connectivity index (χ1n) is 17.7. The molecular weight excluding hydrogens is 756 g/mol. The van der Waals surface area contributed by atoms with E-state index < -0.39 is 10.0 Å². The molecule has 5 aromatic rings. The third-order valence-corrected chi connectivity index (χ3v) is 11.9. The fourth-order valence-electron chi connectivity index (χ4n) is 7.16. The van der Waals surface area contributed by atoms with Crippen molar-refractivity contribution >= 4 is 71.5 Å². The number of halogens is 1. The number of nitrogens with zero attached hydrogens (tertiary/aromatic N) is 8. The van der Waals surface area contributed by atoms with Crippen LogP contribution in [-0.4, -0.2) is 111 Å². The minimum Gasteiger partial charge on any atom is -0.494 e. The van der Waals surface area contributed by atoms with Gasteiger partial charge in [-0.15, -0.1) is 0 Å². The maximum absolute atomic E-state index is 12.7. The van der Waals surface area contributed by atoms with E-state index in [1.54, 1.807) is 31.6 Å². The lowest BCUT2D eigenvalue weighted by Gasteiger charge is -2.43. The van der Waals surface area contributed by atoms with Crippen LogP contribution in [0, 0.1) is 0 Å². The summed E-state index contributed by atoms with van der Waals surface area (Å²) in [4.78, 5) is 25.8. The van der Waals surface area contributed by atoms with Crippen molar-refractivity contribution in [3.8, 4) is 5.75 Å². The summed E-state index contributed by atoms with van der Waals surface area (Å²) in [5, 5.41) is 6.72. The second kappa shape index (κ2) is 15.8. The molecule has 2 N–H and O–H groups in total. The molecule has 0 unspecified atom stereocenters. The average Bonchev–Trinajstić information content (AvgIpc) is 3.16. The number of likely N-dealkylation sites (N-methyl/N-ethyl adjacent to an activating group) is 1. The van der Waals surface area contributed by atoms with E-state index in [1.165, 1.54) is 34.4 Å². The van der Waals surface area contributed by atoms with Gasteiger partial charge in [0.15, 0.2) is 0 Å². The lowest BCUT2D eigenvalue weighted by Crippen LogP contribution is -2.52. The molecule has 2 aliphatic rings. The Hall–Kier alpha value is -4.57. The van der Waals surface area contributed by atoms with E-state index in [-0.39, 0.29) is 0 Å². The van der Waals surface area contributed by atoms with Gasteiger partial charge in [0.1, 0.15) is 22.8 Å². The quantitative estimate of drug-likeness (QED) is 0.165. The third kappa shape index (κ3) is 8.33. The van der Waals surface area contributed by atoms with Crippen LogP contribution in [0.3, 0.4) is 0 Å². The van der Waals surface area contributed by atoms with Crippen LogP contribution < -0.4 is 24.6 Å². The number of rotatable bonds is 11. The standard InChI is InChI=1S/C38H45BrN10O3S/c1-46-18-20-48(21-19-46)28-12-16-49(17-13-28)33-24-34(52-3)32(23-27(33)22-26-8-6-5-7-9-26)44-38-42-25-29(39)37(45-38)43-31-11-10-30-35(41-15-14-40-30)36(31)47(2)53(4,50)51/h5-11,14-15,23-25,28H,12-13,16-22H2,1-4H3,(H2,42,43,44,45). The molecule has 2 saturated heterocycles. The van der Waals surface area contributed by atoms with E-state index in [2.05, 4.69) is 99.7 Å². The van der Waals surface area contributed by atoms with Gasteiger partial charge in [0.2, 0.25) is 16.0 Å². The number of piperazine rings is 1. The third-order valence-electron chi connectivity index (χ3n) is 10.2. The summed E-state index contributed by atoms with van der Waals surface area (Å²) < 4.78 is 33.2. The maximum atomic E-state index is 12.7. The molecule has 13 nitrogen and oxygen atoms in total. The Morgan fingerprint density at radius 2 is 1.66 bits per heavy atom. The largest absolute Gasteiger partial charge is 0.494 e. The molecule has 0 saturated carbocycles. The average molecular weight is 802 g/mol. The minimum atomic E-state index is -3.63. The number of ether oxygens (including phenoxy) is 1. The van der Waals surface area contributed by atoms with Gasteiger partial charge in [-0.05, 0) is 71.6 Å². The topological polar surface area (TPSA) is 132 Å². The highest BCUT2D eigenvalue weighted by atomic mass is 79.9. The van der Waals surface area contributed by atoms with Gasteiger partial charge in [0.05, 0.1) is 34.7 Å². The molecule has 15 heteroatoms. The van der Waals surface area contributed by atoms with Crippen LogP contribution in [0.1, 0.15) is 24.0 Å². The zero-order valence-corrected chi connectivity index (χ0v) is 32.9. The lowest BCUT2D eigenvalue weighted by molar-refractivity contribution is 0.0982. The maximum Gasteiger partial charge on any atom is 0.232 e. The monoisotopic (exact) mass is 800 g/mol. The van der Waals surface area contributed by atoms with E-state index in [4.69, 9.17) is 9.72 Å². The summed E-state index contributed by atoms with van der Waals surface area (Å²) in [5.41, 5.74) is 6.16. The number of sulfonamides is 1. The zero-order valence-electron chi connectivity index (χ0n) is 30.5. The molecule has 0 spiro atoms. The highest BCUT2D eigenvalue weighted by Crippen LogP contribution is 2.39. The van der Waals surface area contributed by atoms with Crippen LogP contribution in [-0.2, 0) is 16.4 Å². The van der Waals surface area contributed by atoms with Crippen molar-refractivity contribution in [2.75, 3.05) is 86.6 Å². The summed E-state index contributed by atoms with van der Waals surface area (Å²) in [5.74, 6) is 1.44. The van der Waals surface area contributed by atoms with Crippen molar-refractivity contribution in [3.63, 3.8) is 0 Å². The first-order chi connectivity index (χ1) is 25.6. The minimum absolute atomic E-state index is 0.332. The molecule has 0 radical (unpaired) electrons. The number of aromatic nitrogens is 4. The Bertz CT molecular complexity index is 2180. The van der Waals surface area contributed by atoms with Crippen molar-refractivity contribution in [3.05, 3.63) is 88.8 Å². The van der Waals surface area contributed by atoms with E-state index in [9.17, 15) is 8.42 Å². The number of methoxy groups -OCH3 is 1. The van der Waals surface area contributed by atoms with E-state index in [0.29, 0.717) is 50.4 Å². The normalized spacial score (nSPS) is 16.1. The van der Waals surface area contributed by atoms with E-state index in [1.807, 2.05) is 6.07 Å². The molecule has 0 aliphatic carbocycles. The van der Waals surface area contributed by atoms with Crippen LogP contribution in [0.4, 0.5) is 34.5 Å². The van der Waals surface area contributed by atoms with Crippen LogP contribution in [0.15, 0.2) is 77.7 Å². The van der Waals surface area contributed by atoms with Crippen molar-refractivity contribution < 1.29 is 13.2 Å². The second-order valence-electron chi connectivity index (χ2n) is 13.7. The van der Waals surface area contributed by atoms with Crippen LogP contribution in [0.5, 0.6) is 5.75 Å². The lowest BCUT2D eigenvalue weighted by atomic mass is 9.97. The molecule has 2 fully saturated rings. The number of nitrogens with one attached hydrogen (secondary N) is 2. The Morgan fingerprint density at radius 3 is 2.38 bits per heavy atom. The summed E-state index contributed by atoms with van der Waals surface area (Å²) in [6.45, 7) is 6.51. The number of benzene rings is 3. The van der Waals surface area contributed by atoms with Crippen LogP contribution in [0.25, 0.3) is 11.0 Å². The predicted octanol–water partition coefficient (Wildman–Crippen LogP) is 5.88. The number of piperidine rings is 1.